The molecule has 1 fully saturated rings. The Kier molecular flexibility index (Phi) is 6.99. The monoisotopic (exact) mass is 369 g/mol. The van der Waals surface area contributed by atoms with Crippen LogP contribution in [0.4, 0.5) is 0 Å². The van der Waals surface area contributed by atoms with Gasteiger partial charge in [-0.2, -0.15) is 0 Å². The Bertz CT molecular complexity index is 608. The first-order chi connectivity index (χ1) is 11.4. The van der Waals surface area contributed by atoms with Crippen molar-refractivity contribution in [3.8, 4) is 0 Å². The Morgan fingerprint density at radius 1 is 1.33 bits per heavy atom. The van der Waals surface area contributed by atoms with E-state index >= 15 is 0 Å². The van der Waals surface area contributed by atoms with Gasteiger partial charge in [-0.15, -0.1) is 11.8 Å². The number of esters is 1. The molecule has 132 valence electrons. The van der Waals surface area contributed by atoms with E-state index in [9.17, 15) is 9.59 Å². The summed E-state index contributed by atoms with van der Waals surface area (Å²) in [5.74, 6) is -0.368. The number of halogens is 1. The molecule has 0 aliphatic heterocycles. The average molecular weight is 370 g/mol. The van der Waals surface area contributed by atoms with Crippen molar-refractivity contribution < 1.29 is 14.3 Å². The van der Waals surface area contributed by atoms with Crippen LogP contribution in [0.15, 0.2) is 23.1 Å². The van der Waals surface area contributed by atoms with E-state index in [1.165, 1.54) is 18.2 Å². The molecule has 6 heteroatoms. The van der Waals surface area contributed by atoms with E-state index in [1.54, 1.807) is 19.1 Å². The van der Waals surface area contributed by atoms with Crippen molar-refractivity contribution in [1.82, 2.24) is 5.32 Å². The summed E-state index contributed by atoms with van der Waals surface area (Å²) in [6.07, 6.45) is 5.51. The Hall–Kier alpha value is -1.20. The van der Waals surface area contributed by atoms with Crippen LogP contribution in [0.3, 0.4) is 0 Å². The predicted octanol–water partition coefficient (Wildman–Crippen LogP) is 4.30. The number of hydrogen-bond donors (Lipinski definition) is 1. The summed E-state index contributed by atoms with van der Waals surface area (Å²) in [7, 11) is 0. The Morgan fingerprint density at radius 3 is 2.71 bits per heavy atom. The maximum atomic E-state index is 12.3. The quantitative estimate of drug-likeness (QED) is 0.621. The molecular weight excluding hydrogens is 346 g/mol. The molecule has 3 atom stereocenters. The lowest BCUT2D eigenvalue weighted by atomic mass is 9.86. The molecule has 1 aliphatic carbocycles. The van der Waals surface area contributed by atoms with Gasteiger partial charge >= 0.3 is 5.97 Å². The standard InChI is InChI=1S/C18H24ClNO3S/c1-11-6-4-5-7-16(11)20-17(21)12(2)23-18(22)14-10-13(24-3)8-9-15(14)19/h8-12,16H,4-7H2,1-3H3,(H,20,21)/t11-,12+,16+/m0/s1. The number of hydrogen-bond acceptors (Lipinski definition) is 4. The summed E-state index contributed by atoms with van der Waals surface area (Å²) in [5.41, 5.74) is 0.286. The van der Waals surface area contributed by atoms with Gasteiger partial charge in [-0.1, -0.05) is 31.4 Å². The summed E-state index contributed by atoms with van der Waals surface area (Å²) < 4.78 is 5.31. The number of ether oxygens (including phenoxy) is 1. The topological polar surface area (TPSA) is 55.4 Å². The lowest BCUT2D eigenvalue weighted by Crippen LogP contribution is -2.46. The Labute approximate surface area is 152 Å². The largest absolute Gasteiger partial charge is 0.449 e. The molecule has 24 heavy (non-hydrogen) atoms. The normalized spacial score (nSPS) is 21.8. The highest BCUT2D eigenvalue weighted by atomic mass is 35.5. The molecular formula is C18H24ClNO3S. The van der Waals surface area contributed by atoms with Crippen molar-refractivity contribution in [1.29, 1.82) is 0 Å². The van der Waals surface area contributed by atoms with Gasteiger partial charge in [-0.3, -0.25) is 4.79 Å². The number of nitrogens with one attached hydrogen (secondary N) is 1. The predicted molar refractivity (Wildman–Crippen MR) is 97.7 cm³/mol. The summed E-state index contributed by atoms with van der Waals surface area (Å²) in [5, 5.41) is 3.33. The zero-order chi connectivity index (χ0) is 17.7. The van der Waals surface area contributed by atoms with Gasteiger partial charge in [0.1, 0.15) is 0 Å². The van der Waals surface area contributed by atoms with Gasteiger partial charge in [0, 0.05) is 10.9 Å². The number of benzene rings is 1. The van der Waals surface area contributed by atoms with Crippen molar-refractivity contribution in [2.24, 2.45) is 5.92 Å². The van der Waals surface area contributed by atoms with Crippen LogP contribution in [-0.4, -0.2) is 30.3 Å². The number of thioether (sulfide) groups is 1. The van der Waals surface area contributed by atoms with Crippen LogP contribution in [0, 0.1) is 5.92 Å². The molecule has 1 N–H and O–H groups in total. The maximum Gasteiger partial charge on any atom is 0.340 e. The van der Waals surface area contributed by atoms with Crippen molar-refractivity contribution >= 4 is 35.2 Å². The first-order valence-corrected chi connectivity index (χ1v) is 9.87. The summed E-state index contributed by atoms with van der Waals surface area (Å²) in [6, 6.07) is 5.35. The van der Waals surface area contributed by atoms with Crippen LogP contribution >= 0.6 is 23.4 Å². The van der Waals surface area contributed by atoms with E-state index in [-0.39, 0.29) is 17.5 Å². The minimum absolute atomic E-state index is 0.163. The van der Waals surface area contributed by atoms with Gasteiger partial charge in [-0.05, 0) is 50.1 Å². The lowest BCUT2D eigenvalue weighted by Gasteiger charge is -2.30. The highest BCUT2D eigenvalue weighted by Gasteiger charge is 2.27. The SMILES string of the molecule is CSc1ccc(Cl)c(C(=O)O[C@H](C)C(=O)N[C@@H]2CCCC[C@@H]2C)c1. The molecule has 1 saturated carbocycles. The zero-order valence-corrected chi connectivity index (χ0v) is 15.9. The van der Waals surface area contributed by atoms with E-state index in [4.69, 9.17) is 16.3 Å². The first kappa shape index (κ1) is 19.1. The second-order valence-corrected chi connectivity index (χ2v) is 7.56. The van der Waals surface area contributed by atoms with E-state index in [1.807, 2.05) is 12.3 Å². The van der Waals surface area contributed by atoms with Crippen LogP contribution in [0.25, 0.3) is 0 Å². The highest BCUT2D eigenvalue weighted by Crippen LogP contribution is 2.25. The third kappa shape index (κ3) is 4.90. The minimum atomic E-state index is -0.847. The molecule has 4 nitrogen and oxygen atoms in total. The highest BCUT2D eigenvalue weighted by molar-refractivity contribution is 7.98. The summed E-state index contributed by atoms with van der Waals surface area (Å²) in [4.78, 5) is 25.5. The smallest absolute Gasteiger partial charge is 0.340 e. The molecule has 2 rings (SSSR count). The van der Waals surface area contributed by atoms with Gasteiger partial charge in [0.25, 0.3) is 5.91 Å². The van der Waals surface area contributed by atoms with Gasteiger partial charge < -0.3 is 10.1 Å². The minimum Gasteiger partial charge on any atom is -0.449 e. The molecule has 0 spiro atoms. The van der Waals surface area contributed by atoms with Gasteiger partial charge in [0.05, 0.1) is 10.6 Å². The number of carbonyl (C=O) groups is 2. The third-order valence-corrected chi connectivity index (χ3v) is 5.54. The fraction of sp³-hybridized carbons (Fsp3) is 0.556. The second kappa shape index (κ2) is 8.77. The van der Waals surface area contributed by atoms with Gasteiger partial charge in [0.2, 0.25) is 0 Å². The average Bonchev–Trinajstić information content (AvgIpc) is 2.57. The fourth-order valence-corrected chi connectivity index (χ4v) is 3.53. The van der Waals surface area contributed by atoms with E-state index < -0.39 is 12.1 Å². The number of carbonyl (C=O) groups excluding carboxylic acids is 2. The molecule has 0 bridgehead atoms. The Morgan fingerprint density at radius 2 is 2.04 bits per heavy atom. The van der Waals surface area contributed by atoms with Crippen LogP contribution in [0.1, 0.15) is 49.9 Å². The fourth-order valence-electron chi connectivity index (χ4n) is 2.90. The van der Waals surface area contributed by atoms with E-state index in [2.05, 4.69) is 12.2 Å². The molecule has 1 amide bonds. The van der Waals surface area contributed by atoms with Gasteiger partial charge in [0.15, 0.2) is 6.10 Å². The maximum absolute atomic E-state index is 12.3. The van der Waals surface area contributed by atoms with Crippen molar-refractivity contribution in [3.05, 3.63) is 28.8 Å². The zero-order valence-electron chi connectivity index (χ0n) is 14.3. The van der Waals surface area contributed by atoms with Gasteiger partial charge in [-0.25, -0.2) is 4.79 Å². The second-order valence-electron chi connectivity index (χ2n) is 6.27. The van der Waals surface area contributed by atoms with Crippen molar-refractivity contribution in [3.63, 3.8) is 0 Å². The van der Waals surface area contributed by atoms with E-state index in [0.29, 0.717) is 10.9 Å². The molecule has 1 aromatic carbocycles. The first-order valence-electron chi connectivity index (χ1n) is 8.27. The van der Waals surface area contributed by atoms with Crippen LogP contribution < -0.4 is 5.32 Å². The molecule has 0 radical (unpaired) electrons. The summed E-state index contributed by atoms with van der Waals surface area (Å²) >= 11 is 7.59. The third-order valence-electron chi connectivity index (χ3n) is 4.49. The number of rotatable bonds is 5. The lowest BCUT2D eigenvalue weighted by molar-refractivity contribution is -0.130. The van der Waals surface area contributed by atoms with Crippen molar-refractivity contribution in [2.45, 2.75) is 56.6 Å². The van der Waals surface area contributed by atoms with E-state index in [0.717, 1.165) is 24.2 Å². The Balaban J connectivity index is 1.96. The molecule has 0 saturated heterocycles. The number of amides is 1. The van der Waals surface area contributed by atoms with Crippen molar-refractivity contribution in [2.75, 3.05) is 6.26 Å². The molecule has 0 unspecified atom stereocenters. The van der Waals surface area contributed by atoms with Crippen LogP contribution in [0.2, 0.25) is 5.02 Å². The van der Waals surface area contributed by atoms with Crippen LogP contribution in [-0.2, 0) is 9.53 Å². The van der Waals surface area contributed by atoms with Crippen LogP contribution in [0.5, 0.6) is 0 Å². The molecule has 0 heterocycles. The molecule has 0 aromatic heterocycles. The summed E-state index contributed by atoms with van der Waals surface area (Å²) in [6.45, 7) is 3.74. The molecule has 1 aliphatic rings. The molecule has 1 aromatic rings.